The molecule has 0 saturated carbocycles. The molecule has 0 amide bonds. The van der Waals surface area contributed by atoms with E-state index in [1.54, 1.807) is 14.0 Å². The summed E-state index contributed by atoms with van der Waals surface area (Å²) < 4.78 is 5.46. The molecular formula is C20H24N2O2. The van der Waals surface area contributed by atoms with Gasteiger partial charge >= 0.3 is 0 Å². The Kier molecular flexibility index (Phi) is 5.16. The van der Waals surface area contributed by atoms with E-state index < -0.39 is 0 Å². The van der Waals surface area contributed by atoms with Crippen molar-refractivity contribution in [3.63, 3.8) is 0 Å². The molecule has 0 bridgehead atoms. The predicted molar refractivity (Wildman–Crippen MR) is 96.9 cm³/mol. The molecule has 0 N–H and O–H groups in total. The van der Waals surface area contributed by atoms with Gasteiger partial charge in [-0.25, -0.2) is 0 Å². The van der Waals surface area contributed by atoms with Gasteiger partial charge in [-0.3, -0.25) is 9.69 Å². The molecule has 0 atom stereocenters. The summed E-state index contributed by atoms with van der Waals surface area (Å²) in [5.41, 5.74) is 3.11. The van der Waals surface area contributed by atoms with Crippen LogP contribution in [0.5, 0.6) is 5.75 Å². The van der Waals surface area contributed by atoms with Crippen molar-refractivity contribution in [1.29, 1.82) is 0 Å². The Labute approximate surface area is 143 Å². The van der Waals surface area contributed by atoms with Crippen LogP contribution in [-0.2, 0) is 6.54 Å². The SMILES string of the molecule is COc1ccc(C(C)=O)cc1CN1CCN(c2ccccc2)CC1. The van der Waals surface area contributed by atoms with Crippen LogP contribution < -0.4 is 9.64 Å². The third-order valence-electron chi connectivity index (χ3n) is 4.57. The van der Waals surface area contributed by atoms with Crippen molar-refractivity contribution in [1.82, 2.24) is 4.90 Å². The molecule has 2 aromatic rings. The minimum Gasteiger partial charge on any atom is -0.496 e. The monoisotopic (exact) mass is 324 g/mol. The second-order valence-electron chi connectivity index (χ2n) is 6.18. The molecule has 0 radical (unpaired) electrons. The fourth-order valence-electron chi connectivity index (χ4n) is 3.17. The first kappa shape index (κ1) is 16.5. The van der Waals surface area contributed by atoms with Gasteiger partial charge in [-0.15, -0.1) is 0 Å². The van der Waals surface area contributed by atoms with Crippen LogP contribution in [0.2, 0.25) is 0 Å². The molecule has 1 aliphatic heterocycles. The van der Waals surface area contributed by atoms with Crippen molar-refractivity contribution in [2.24, 2.45) is 0 Å². The maximum absolute atomic E-state index is 11.6. The molecule has 4 heteroatoms. The predicted octanol–water partition coefficient (Wildman–Crippen LogP) is 3.22. The Hall–Kier alpha value is -2.33. The lowest BCUT2D eigenvalue weighted by atomic mass is 10.1. The van der Waals surface area contributed by atoms with Crippen LogP contribution in [0.4, 0.5) is 5.69 Å². The first-order valence-corrected chi connectivity index (χ1v) is 8.37. The number of rotatable bonds is 5. The lowest BCUT2D eigenvalue weighted by molar-refractivity contribution is 0.101. The number of Topliss-reactive ketones (excluding diaryl/α,β-unsaturated/α-hetero) is 1. The van der Waals surface area contributed by atoms with Gasteiger partial charge in [0.1, 0.15) is 5.75 Å². The number of benzene rings is 2. The number of hydrogen-bond acceptors (Lipinski definition) is 4. The van der Waals surface area contributed by atoms with E-state index in [4.69, 9.17) is 4.74 Å². The molecule has 2 aromatic carbocycles. The van der Waals surface area contributed by atoms with Crippen molar-refractivity contribution < 1.29 is 9.53 Å². The normalized spacial score (nSPS) is 15.3. The van der Waals surface area contributed by atoms with E-state index in [1.165, 1.54) is 5.69 Å². The van der Waals surface area contributed by atoms with Gasteiger partial charge in [-0.2, -0.15) is 0 Å². The number of ketones is 1. The molecule has 0 unspecified atom stereocenters. The molecule has 0 spiro atoms. The molecule has 4 nitrogen and oxygen atoms in total. The lowest BCUT2D eigenvalue weighted by Crippen LogP contribution is -2.46. The maximum atomic E-state index is 11.6. The fourth-order valence-corrected chi connectivity index (χ4v) is 3.17. The molecule has 1 saturated heterocycles. The van der Waals surface area contributed by atoms with Crippen molar-refractivity contribution >= 4 is 11.5 Å². The lowest BCUT2D eigenvalue weighted by Gasteiger charge is -2.36. The van der Waals surface area contributed by atoms with Crippen molar-refractivity contribution in [2.75, 3.05) is 38.2 Å². The average Bonchev–Trinajstić information content (AvgIpc) is 2.63. The second kappa shape index (κ2) is 7.49. The van der Waals surface area contributed by atoms with Crippen molar-refractivity contribution in [2.45, 2.75) is 13.5 Å². The van der Waals surface area contributed by atoms with Gasteiger partial charge in [0.15, 0.2) is 5.78 Å². The summed E-state index contributed by atoms with van der Waals surface area (Å²) in [5.74, 6) is 0.943. The number of anilines is 1. The summed E-state index contributed by atoms with van der Waals surface area (Å²) in [6.45, 7) is 6.44. The maximum Gasteiger partial charge on any atom is 0.159 e. The Morgan fingerprint density at radius 3 is 2.38 bits per heavy atom. The van der Waals surface area contributed by atoms with Crippen LogP contribution in [0.1, 0.15) is 22.8 Å². The molecule has 0 aromatic heterocycles. The summed E-state index contributed by atoms with van der Waals surface area (Å²) in [6.07, 6.45) is 0. The first-order chi connectivity index (χ1) is 11.7. The van der Waals surface area contributed by atoms with E-state index in [9.17, 15) is 4.79 Å². The van der Waals surface area contributed by atoms with E-state index >= 15 is 0 Å². The minimum absolute atomic E-state index is 0.0906. The quantitative estimate of drug-likeness (QED) is 0.791. The number of carbonyl (C=O) groups is 1. The van der Waals surface area contributed by atoms with Crippen molar-refractivity contribution in [3.8, 4) is 5.75 Å². The number of hydrogen-bond donors (Lipinski definition) is 0. The zero-order chi connectivity index (χ0) is 16.9. The van der Waals surface area contributed by atoms with E-state index in [0.29, 0.717) is 0 Å². The Morgan fingerprint density at radius 1 is 1.04 bits per heavy atom. The molecule has 1 fully saturated rings. The summed E-state index contributed by atoms with van der Waals surface area (Å²) in [6, 6.07) is 16.2. The third kappa shape index (κ3) is 3.77. The number of nitrogens with zero attached hydrogens (tertiary/aromatic N) is 2. The Balaban J connectivity index is 1.65. The second-order valence-corrected chi connectivity index (χ2v) is 6.18. The van der Waals surface area contributed by atoms with Gasteiger partial charge in [0.2, 0.25) is 0 Å². The number of para-hydroxylation sites is 1. The zero-order valence-corrected chi connectivity index (χ0v) is 14.4. The van der Waals surface area contributed by atoms with Gasteiger partial charge in [-0.1, -0.05) is 18.2 Å². The number of piperazine rings is 1. The van der Waals surface area contributed by atoms with Crippen molar-refractivity contribution in [3.05, 3.63) is 59.7 Å². The van der Waals surface area contributed by atoms with E-state index in [2.05, 4.69) is 34.1 Å². The Bertz CT molecular complexity index is 692. The molecular weight excluding hydrogens is 300 g/mol. The van der Waals surface area contributed by atoms with Crippen LogP contribution in [0.15, 0.2) is 48.5 Å². The summed E-state index contributed by atoms with van der Waals surface area (Å²) in [5, 5.41) is 0. The fraction of sp³-hybridized carbons (Fsp3) is 0.350. The highest BCUT2D eigenvalue weighted by molar-refractivity contribution is 5.94. The van der Waals surface area contributed by atoms with E-state index in [0.717, 1.165) is 49.6 Å². The average molecular weight is 324 g/mol. The molecule has 0 aliphatic carbocycles. The van der Waals surface area contributed by atoms with Crippen LogP contribution in [0, 0.1) is 0 Å². The number of methoxy groups -OCH3 is 1. The molecule has 1 heterocycles. The van der Waals surface area contributed by atoms with Gasteiger partial charge in [0, 0.05) is 49.5 Å². The van der Waals surface area contributed by atoms with E-state index in [1.807, 2.05) is 24.3 Å². The zero-order valence-electron chi connectivity index (χ0n) is 14.4. The topological polar surface area (TPSA) is 32.8 Å². The highest BCUT2D eigenvalue weighted by atomic mass is 16.5. The number of carbonyl (C=O) groups excluding carboxylic acids is 1. The third-order valence-corrected chi connectivity index (χ3v) is 4.57. The van der Waals surface area contributed by atoms with Crippen LogP contribution in [0.3, 0.4) is 0 Å². The summed E-state index contributed by atoms with van der Waals surface area (Å²) >= 11 is 0. The van der Waals surface area contributed by atoms with Crippen LogP contribution in [-0.4, -0.2) is 44.0 Å². The summed E-state index contributed by atoms with van der Waals surface area (Å²) in [4.78, 5) is 16.5. The van der Waals surface area contributed by atoms with Crippen LogP contribution >= 0.6 is 0 Å². The van der Waals surface area contributed by atoms with E-state index in [-0.39, 0.29) is 5.78 Å². The summed E-state index contributed by atoms with van der Waals surface area (Å²) in [7, 11) is 1.68. The van der Waals surface area contributed by atoms with Crippen LogP contribution in [0.25, 0.3) is 0 Å². The van der Waals surface area contributed by atoms with Gasteiger partial charge in [0.25, 0.3) is 0 Å². The number of ether oxygens (including phenoxy) is 1. The Morgan fingerprint density at radius 2 is 1.75 bits per heavy atom. The van der Waals surface area contributed by atoms with Gasteiger partial charge < -0.3 is 9.64 Å². The molecule has 1 aliphatic rings. The molecule has 24 heavy (non-hydrogen) atoms. The smallest absolute Gasteiger partial charge is 0.159 e. The standard InChI is InChI=1S/C20H24N2O2/c1-16(23)17-8-9-20(24-2)18(14-17)15-21-10-12-22(13-11-21)19-6-4-3-5-7-19/h3-9,14H,10-13,15H2,1-2H3. The highest BCUT2D eigenvalue weighted by Gasteiger charge is 2.19. The van der Waals surface area contributed by atoms with Gasteiger partial charge in [-0.05, 0) is 37.3 Å². The highest BCUT2D eigenvalue weighted by Crippen LogP contribution is 2.23. The molecule has 126 valence electrons. The van der Waals surface area contributed by atoms with Gasteiger partial charge in [0.05, 0.1) is 7.11 Å². The first-order valence-electron chi connectivity index (χ1n) is 8.37. The largest absolute Gasteiger partial charge is 0.496 e. The molecule has 3 rings (SSSR count). The minimum atomic E-state index is 0.0906.